The van der Waals surface area contributed by atoms with Gasteiger partial charge in [-0.2, -0.15) is 4.98 Å². The number of pyridine rings is 1. The first-order valence-corrected chi connectivity index (χ1v) is 5.90. The molecule has 0 saturated carbocycles. The molecule has 0 aliphatic rings. The molecule has 92 valence electrons. The van der Waals surface area contributed by atoms with E-state index in [1.54, 1.807) is 11.4 Å². The summed E-state index contributed by atoms with van der Waals surface area (Å²) in [6.45, 7) is 4.60. The molecule has 0 aromatic carbocycles. The number of nitrogens with one attached hydrogen (secondary N) is 1. The standard InChI is InChI=1S/C12H18N4O/c1-9-5-6-11-14-12(15-16(11)8-9)13-7-3-4-10(2)17/h5-6,8,10,17H,3-4,7H2,1-2H3,(H,13,15). The van der Waals surface area contributed by atoms with E-state index in [1.807, 2.05) is 25.3 Å². The van der Waals surface area contributed by atoms with Crippen LogP contribution in [0.1, 0.15) is 25.3 Å². The summed E-state index contributed by atoms with van der Waals surface area (Å²) < 4.78 is 1.77. The number of nitrogens with zero attached hydrogens (tertiary/aromatic N) is 3. The summed E-state index contributed by atoms with van der Waals surface area (Å²) in [4.78, 5) is 4.35. The number of aromatic nitrogens is 3. The molecule has 0 fully saturated rings. The van der Waals surface area contributed by atoms with Crippen LogP contribution >= 0.6 is 0 Å². The first kappa shape index (κ1) is 11.9. The van der Waals surface area contributed by atoms with Crippen molar-refractivity contribution in [2.24, 2.45) is 0 Å². The molecule has 2 heterocycles. The fourth-order valence-corrected chi connectivity index (χ4v) is 1.66. The number of aliphatic hydroxyl groups is 1. The lowest BCUT2D eigenvalue weighted by atomic mass is 10.2. The highest BCUT2D eigenvalue weighted by atomic mass is 16.3. The molecule has 0 aliphatic heterocycles. The molecule has 2 rings (SSSR count). The number of aryl methyl sites for hydroxylation is 1. The van der Waals surface area contributed by atoms with Crippen LogP contribution < -0.4 is 5.32 Å². The number of anilines is 1. The monoisotopic (exact) mass is 234 g/mol. The van der Waals surface area contributed by atoms with Crippen molar-refractivity contribution in [3.05, 3.63) is 23.9 Å². The van der Waals surface area contributed by atoms with Crippen LogP contribution in [0.25, 0.3) is 5.65 Å². The van der Waals surface area contributed by atoms with E-state index in [4.69, 9.17) is 5.11 Å². The van der Waals surface area contributed by atoms with E-state index < -0.39 is 0 Å². The van der Waals surface area contributed by atoms with E-state index in [0.29, 0.717) is 5.95 Å². The first-order valence-electron chi connectivity index (χ1n) is 5.90. The summed E-state index contributed by atoms with van der Waals surface area (Å²) >= 11 is 0. The third-order valence-corrected chi connectivity index (χ3v) is 2.56. The smallest absolute Gasteiger partial charge is 0.243 e. The number of hydrogen-bond acceptors (Lipinski definition) is 4. The maximum absolute atomic E-state index is 9.13. The maximum atomic E-state index is 9.13. The van der Waals surface area contributed by atoms with Crippen molar-refractivity contribution in [2.75, 3.05) is 11.9 Å². The minimum atomic E-state index is -0.242. The van der Waals surface area contributed by atoms with Gasteiger partial charge in [-0.1, -0.05) is 6.07 Å². The van der Waals surface area contributed by atoms with Crippen LogP contribution in [0.4, 0.5) is 5.95 Å². The summed E-state index contributed by atoms with van der Waals surface area (Å²) in [5.41, 5.74) is 2.00. The zero-order chi connectivity index (χ0) is 12.3. The lowest BCUT2D eigenvalue weighted by molar-refractivity contribution is 0.183. The molecule has 2 aromatic rings. The Morgan fingerprint density at radius 2 is 2.29 bits per heavy atom. The predicted octanol–water partition coefficient (Wildman–Crippen LogP) is 1.61. The van der Waals surface area contributed by atoms with E-state index in [9.17, 15) is 0 Å². The quantitative estimate of drug-likeness (QED) is 0.771. The van der Waals surface area contributed by atoms with E-state index in [1.165, 1.54) is 0 Å². The van der Waals surface area contributed by atoms with Crippen LogP contribution in [0.5, 0.6) is 0 Å². The highest BCUT2D eigenvalue weighted by Gasteiger charge is 2.02. The minimum Gasteiger partial charge on any atom is -0.393 e. The summed E-state index contributed by atoms with van der Waals surface area (Å²) in [5, 5.41) is 16.6. The van der Waals surface area contributed by atoms with Crippen molar-refractivity contribution < 1.29 is 5.11 Å². The van der Waals surface area contributed by atoms with Gasteiger partial charge in [0, 0.05) is 12.7 Å². The van der Waals surface area contributed by atoms with Gasteiger partial charge in [-0.05, 0) is 38.3 Å². The van der Waals surface area contributed by atoms with Gasteiger partial charge in [-0.25, -0.2) is 4.52 Å². The Labute approximate surface area is 100 Å². The van der Waals surface area contributed by atoms with Crippen molar-refractivity contribution in [1.29, 1.82) is 0 Å². The zero-order valence-corrected chi connectivity index (χ0v) is 10.2. The van der Waals surface area contributed by atoms with Crippen LogP contribution in [0.2, 0.25) is 0 Å². The second-order valence-electron chi connectivity index (χ2n) is 4.36. The highest BCUT2D eigenvalue weighted by molar-refractivity contribution is 5.43. The largest absolute Gasteiger partial charge is 0.393 e. The lowest BCUT2D eigenvalue weighted by Crippen LogP contribution is -2.07. The summed E-state index contributed by atoms with van der Waals surface area (Å²) in [6, 6.07) is 3.96. The van der Waals surface area contributed by atoms with Crippen molar-refractivity contribution in [3.63, 3.8) is 0 Å². The van der Waals surface area contributed by atoms with Gasteiger partial charge in [0.05, 0.1) is 6.10 Å². The molecular formula is C12H18N4O. The third kappa shape index (κ3) is 3.17. The van der Waals surface area contributed by atoms with Crippen LogP contribution in [0.3, 0.4) is 0 Å². The van der Waals surface area contributed by atoms with Crippen molar-refractivity contribution >= 4 is 11.6 Å². The fourth-order valence-electron chi connectivity index (χ4n) is 1.66. The molecule has 2 aromatic heterocycles. The Morgan fingerprint density at radius 1 is 1.47 bits per heavy atom. The van der Waals surface area contributed by atoms with Crippen molar-refractivity contribution in [1.82, 2.24) is 14.6 Å². The highest BCUT2D eigenvalue weighted by Crippen LogP contribution is 2.07. The number of rotatable bonds is 5. The second-order valence-corrected chi connectivity index (χ2v) is 4.36. The van der Waals surface area contributed by atoms with Gasteiger partial charge >= 0.3 is 0 Å². The van der Waals surface area contributed by atoms with E-state index in [2.05, 4.69) is 15.4 Å². The Hall–Kier alpha value is -1.62. The number of fused-ring (bicyclic) bond motifs is 1. The van der Waals surface area contributed by atoms with Crippen LogP contribution in [-0.4, -0.2) is 32.4 Å². The van der Waals surface area contributed by atoms with Gasteiger partial charge in [0.15, 0.2) is 5.65 Å². The topological polar surface area (TPSA) is 62.5 Å². The fraction of sp³-hybridized carbons (Fsp3) is 0.500. The minimum absolute atomic E-state index is 0.242. The van der Waals surface area contributed by atoms with Crippen molar-refractivity contribution in [2.45, 2.75) is 32.8 Å². The van der Waals surface area contributed by atoms with Crippen LogP contribution in [0, 0.1) is 6.92 Å². The maximum Gasteiger partial charge on any atom is 0.243 e. The van der Waals surface area contributed by atoms with Crippen LogP contribution in [-0.2, 0) is 0 Å². The summed E-state index contributed by atoms with van der Waals surface area (Å²) in [6.07, 6.45) is 3.41. The number of hydrogen-bond donors (Lipinski definition) is 2. The molecule has 0 spiro atoms. The SMILES string of the molecule is Cc1ccc2nc(NCCCC(C)O)nn2c1. The normalized spacial score (nSPS) is 12.9. The molecular weight excluding hydrogens is 216 g/mol. The van der Waals surface area contributed by atoms with Gasteiger partial charge in [0.1, 0.15) is 0 Å². The molecule has 5 heteroatoms. The molecule has 0 bridgehead atoms. The zero-order valence-electron chi connectivity index (χ0n) is 10.2. The average molecular weight is 234 g/mol. The molecule has 0 aliphatic carbocycles. The molecule has 1 unspecified atom stereocenters. The summed E-state index contributed by atoms with van der Waals surface area (Å²) in [7, 11) is 0. The van der Waals surface area contributed by atoms with E-state index in [-0.39, 0.29) is 6.10 Å². The predicted molar refractivity (Wildman–Crippen MR) is 67.1 cm³/mol. The molecule has 0 amide bonds. The molecule has 0 radical (unpaired) electrons. The first-order chi connectivity index (χ1) is 8.15. The summed E-state index contributed by atoms with van der Waals surface area (Å²) in [5.74, 6) is 0.640. The van der Waals surface area contributed by atoms with Gasteiger partial charge in [0.25, 0.3) is 0 Å². The second kappa shape index (κ2) is 5.14. The Balaban J connectivity index is 1.95. The lowest BCUT2D eigenvalue weighted by Gasteiger charge is -2.03. The number of aliphatic hydroxyl groups excluding tert-OH is 1. The van der Waals surface area contributed by atoms with Gasteiger partial charge < -0.3 is 10.4 Å². The van der Waals surface area contributed by atoms with Gasteiger partial charge in [0.2, 0.25) is 5.95 Å². The molecule has 17 heavy (non-hydrogen) atoms. The molecule has 2 N–H and O–H groups in total. The van der Waals surface area contributed by atoms with Gasteiger partial charge in [-0.15, -0.1) is 5.10 Å². The van der Waals surface area contributed by atoms with Gasteiger partial charge in [-0.3, -0.25) is 0 Å². The van der Waals surface area contributed by atoms with Crippen LogP contribution in [0.15, 0.2) is 18.3 Å². The Morgan fingerprint density at radius 3 is 3.06 bits per heavy atom. The average Bonchev–Trinajstić information content (AvgIpc) is 2.66. The Bertz CT molecular complexity index is 492. The molecule has 0 saturated heterocycles. The van der Waals surface area contributed by atoms with E-state index in [0.717, 1.165) is 30.6 Å². The van der Waals surface area contributed by atoms with E-state index >= 15 is 0 Å². The molecule has 1 atom stereocenters. The third-order valence-electron chi connectivity index (χ3n) is 2.56. The van der Waals surface area contributed by atoms with Crippen molar-refractivity contribution in [3.8, 4) is 0 Å². The molecule has 5 nitrogen and oxygen atoms in total. The Kier molecular flexibility index (Phi) is 3.58.